The molecule has 0 spiro atoms. The first-order valence-corrected chi connectivity index (χ1v) is 1.13. The van der Waals surface area contributed by atoms with E-state index in [-0.39, 0.29) is 64.5 Å². The molecule has 0 saturated carbocycles. The third-order valence-corrected chi connectivity index (χ3v) is 0.1000. The zero-order chi connectivity index (χ0) is 3.41. The molecule has 0 aromatic carbocycles. The van der Waals surface area contributed by atoms with Gasteiger partial charge in [-0.1, -0.05) is 0 Å². The fourth-order valence-corrected chi connectivity index (χ4v) is 0. The standard InChI is InChI=1S/C2H5NO.K.H/c3-1-2-4;;/h4H,1-2H2;;. The van der Waals surface area contributed by atoms with Gasteiger partial charge in [0.2, 0.25) is 0 Å². The monoisotopic (exact) mass is 99.0 g/mol. The predicted octanol–water partition coefficient (Wildman–Crippen LogP) is -1.60. The molecule has 0 unspecified atom stereocenters. The molecule has 0 atom stereocenters. The quantitative estimate of drug-likeness (QED) is 0.395. The SMILES string of the molecule is [KH].[N]CCO. The maximum absolute atomic E-state index is 7.62. The Morgan fingerprint density at radius 2 is 1.80 bits per heavy atom. The van der Waals surface area contributed by atoms with E-state index in [1.165, 1.54) is 0 Å². The number of nitrogens with zero attached hydrogens (tertiary/aromatic N) is 1. The van der Waals surface area contributed by atoms with E-state index in [1.54, 1.807) is 0 Å². The second-order valence-electron chi connectivity index (χ2n) is 0.447. The first-order valence-electron chi connectivity index (χ1n) is 1.13. The van der Waals surface area contributed by atoms with Gasteiger partial charge in [0.1, 0.15) is 0 Å². The second-order valence-corrected chi connectivity index (χ2v) is 0.447. The Bertz CT molecular complexity index is 11.6. The number of hydrogen-bond donors (Lipinski definition) is 1. The predicted molar refractivity (Wildman–Crippen MR) is 21.2 cm³/mol. The molecule has 0 bridgehead atoms. The van der Waals surface area contributed by atoms with Crippen LogP contribution in [0, 0.1) is 0 Å². The molecule has 0 aromatic rings. The second kappa shape index (κ2) is 9.12. The Kier molecular flexibility index (Phi) is 17.8. The van der Waals surface area contributed by atoms with Crippen molar-refractivity contribution in [2.24, 2.45) is 0 Å². The molecule has 2 nitrogen and oxygen atoms in total. The first-order chi connectivity index (χ1) is 1.91. The summed E-state index contributed by atoms with van der Waals surface area (Å²) >= 11 is 0. The molecule has 0 aliphatic heterocycles. The maximum atomic E-state index is 7.62. The number of aliphatic hydroxyl groups is 1. The first kappa shape index (κ1) is 9.75. The largest absolute Gasteiger partial charge is 0.395 e. The van der Waals surface area contributed by atoms with Gasteiger partial charge in [0.05, 0.1) is 13.2 Å². The van der Waals surface area contributed by atoms with Gasteiger partial charge in [0.25, 0.3) is 0 Å². The molecule has 0 amide bonds. The van der Waals surface area contributed by atoms with Crippen LogP contribution in [0.1, 0.15) is 0 Å². The van der Waals surface area contributed by atoms with E-state index in [0.717, 1.165) is 0 Å². The van der Waals surface area contributed by atoms with E-state index in [9.17, 15) is 0 Å². The Labute approximate surface area is 74.2 Å². The molecule has 0 rings (SSSR count). The summed E-state index contributed by atoms with van der Waals surface area (Å²) in [7, 11) is 0. The van der Waals surface area contributed by atoms with Crippen LogP contribution in [-0.2, 0) is 0 Å². The molecule has 0 aliphatic carbocycles. The molecule has 1 N–H and O–H groups in total. The van der Waals surface area contributed by atoms with Crippen LogP contribution in [0.3, 0.4) is 0 Å². The fourth-order valence-electron chi connectivity index (χ4n) is 0. The van der Waals surface area contributed by atoms with Crippen molar-refractivity contribution in [3.63, 3.8) is 0 Å². The van der Waals surface area contributed by atoms with Gasteiger partial charge in [-0.3, -0.25) is 0 Å². The Morgan fingerprint density at radius 1 is 1.60 bits per heavy atom. The molecule has 3 heteroatoms. The molecule has 0 aliphatic rings. The summed E-state index contributed by atoms with van der Waals surface area (Å²) in [5.41, 5.74) is 7.62. The van der Waals surface area contributed by atoms with Gasteiger partial charge in [-0.25, -0.2) is 0 Å². The minimum atomic E-state index is -0.125. The molecule has 0 aromatic heterocycles. The number of hydrogen-bond acceptors (Lipinski definition) is 1. The van der Waals surface area contributed by atoms with Gasteiger partial charge in [0.15, 0.2) is 0 Å². The van der Waals surface area contributed by atoms with Crippen molar-refractivity contribution >= 4 is 51.4 Å². The third-order valence-electron chi connectivity index (χ3n) is 0.1000. The molecule has 0 saturated heterocycles. The van der Waals surface area contributed by atoms with Gasteiger partial charge < -0.3 is 5.11 Å². The Hall–Kier alpha value is 1.56. The van der Waals surface area contributed by atoms with Gasteiger partial charge in [0, 0.05) is 0 Å². The maximum Gasteiger partial charge on any atom is 0.0588 e. The minimum Gasteiger partial charge on any atom is -0.395 e. The van der Waals surface area contributed by atoms with Crippen LogP contribution in [0.2, 0.25) is 0 Å². The van der Waals surface area contributed by atoms with Gasteiger partial charge in [-0.05, 0) is 0 Å². The van der Waals surface area contributed by atoms with Gasteiger partial charge in [-0.2, -0.15) is 0 Å². The van der Waals surface area contributed by atoms with Crippen molar-refractivity contribution < 1.29 is 5.11 Å². The number of rotatable bonds is 1. The summed E-state index contributed by atoms with van der Waals surface area (Å²) in [6.45, 7) is -0.250. The summed E-state index contributed by atoms with van der Waals surface area (Å²) in [6.07, 6.45) is 0. The van der Waals surface area contributed by atoms with Crippen LogP contribution in [-0.4, -0.2) is 69.6 Å². The van der Waals surface area contributed by atoms with Crippen molar-refractivity contribution in [1.82, 2.24) is 5.73 Å². The Morgan fingerprint density at radius 3 is 1.80 bits per heavy atom. The summed E-state index contributed by atoms with van der Waals surface area (Å²) in [5, 5.41) is 7.62. The van der Waals surface area contributed by atoms with E-state index in [1.807, 2.05) is 0 Å². The molecule has 5 heavy (non-hydrogen) atoms. The van der Waals surface area contributed by atoms with E-state index in [0.29, 0.717) is 0 Å². The molecular weight excluding hydrogens is 93.1 g/mol. The van der Waals surface area contributed by atoms with Crippen molar-refractivity contribution in [1.29, 1.82) is 0 Å². The normalized spacial score (nSPS) is 6.00. The van der Waals surface area contributed by atoms with Crippen LogP contribution in [0.4, 0.5) is 0 Å². The average Bonchev–Trinajstić information content (AvgIpc) is 1.37. The zero-order valence-corrected chi connectivity index (χ0v) is 2.31. The third kappa shape index (κ3) is 10.8. The van der Waals surface area contributed by atoms with Crippen LogP contribution >= 0.6 is 0 Å². The summed E-state index contributed by atoms with van der Waals surface area (Å²) in [4.78, 5) is 0. The summed E-state index contributed by atoms with van der Waals surface area (Å²) in [6, 6.07) is 0. The molecule has 26 valence electrons. The van der Waals surface area contributed by atoms with E-state index in [4.69, 9.17) is 10.8 Å². The van der Waals surface area contributed by atoms with Crippen molar-refractivity contribution in [3.8, 4) is 0 Å². The van der Waals surface area contributed by atoms with Crippen molar-refractivity contribution in [3.05, 3.63) is 0 Å². The van der Waals surface area contributed by atoms with Gasteiger partial charge in [-0.15, -0.1) is 5.73 Å². The Balaban J connectivity index is 0. The summed E-state index contributed by atoms with van der Waals surface area (Å²) < 4.78 is 0. The molecule has 0 fully saturated rings. The zero-order valence-electron chi connectivity index (χ0n) is 2.31. The fraction of sp³-hybridized carbons (Fsp3) is 1.00. The van der Waals surface area contributed by atoms with Crippen molar-refractivity contribution in [2.45, 2.75) is 0 Å². The van der Waals surface area contributed by atoms with E-state index in [2.05, 4.69) is 0 Å². The van der Waals surface area contributed by atoms with Crippen LogP contribution in [0.25, 0.3) is 0 Å². The van der Waals surface area contributed by atoms with Gasteiger partial charge >= 0.3 is 51.4 Å². The van der Waals surface area contributed by atoms with E-state index >= 15 is 0 Å². The molecule has 2 radical (unpaired) electrons. The smallest absolute Gasteiger partial charge is 0.0588 e. The minimum absolute atomic E-state index is 0. The van der Waals surface area contributed by atoms with Crippen LogP contribution in [0.15, 0.2) is 0 Å². The van der Waals surface area contributed by atoms with Crippen LogP contribution in [0.5, 0.6) is 0 Å². The number of aliphatic hydroxyl groups excluding tert-OH is 1. The van der Waals surface area contributed by atoms with E-state index < -0.39 is 0 Å². The van der Waals surface area contributed by atoms with Crippen LogP contribution < -0.4 is 5.73 Å². The molecular formula is C2H6KNO. The topological polar surface area (TPSA) is 42.5 Å². The average molecular weight is 99.2 g/mol. The summed E-state index contributed by atoms with van der Waals surface area (Å²) in [5.74, 6) is 0. The molecule has 0 heterocycles. The van der Waals surface area contributed by atoms with Crippen molar-refractivity contribution in [2.75, 3.05) is 13.2 Å².